The maximum atomic E-state index is 13.9. The summed E-state index contributed by atoms with van der Waals surface area (Å²) in [6, 6.07) is 3.33. The predicted octanol–water partition coefficient (Wildman–Crippen LogP) is 2.70. The maximum absolute atomic E-state index is 13.9. The van der Waals surface area contributed by atoms with Crippen molar-refractivity contribution < 1.29 is 4.39 Å². The van der Waals surface area contributed by atoms with Crippen LogP contribution in [0.1, 0.15) is 33.1 Å². The Morgan fingerprint density at radius 1 is 1.41 bits per heavy atom. The minimum Gasteiger partial charge on any atom is -0.357 e. The molecule has 1 aromatic rings. The molecule has 1 unspecified atom stereocenters. The number of aliphatic imine (C=N–C) groups is 1. The molecule has 0 spiro atoms. The van der Waals surface area contributed by atoms with E-state index in [0.29, 0.717) is 5.82 Å². The molecule has 27 heavy (non-hydrogen) atoms. The monoisotopic (exact) mass is 492 g/mol. The molecule has 0 amide bonds. The Morgan fingerprint density at radius 2 is 2.22 bits per heavy atom. The highest BCUT2D eigenvalue weighted by molar-refractivity contribution is 14.0. The summed E-state index contributed by atoms with van der Waals surface area (Å²) in [5.74, 6) is 1.02. The Bertz CT molecular complexity index is 571. The lowest BCUT2D eigenvalue weighted by Crippen LogP contribution is -2.45. The third kappa shape index (κ3) is 8.16. The molecular formula is C19H34FIN6. The number of unbranched alkanes of at least 4 members (excludes halogenated alkanes) is 1. The van der Waals surface area contributed by atoms with Crippen LogP contribution in [0.25, 0.3) is 0 Å². The Morgan fingerprint density at radius 3 is 2.93 bits per heavy atom. The van der Waals surface area contributed by atoms with Crippen molar-refractivity contribution in [3.63, 3.8) is 0 Å². The Kier molecular flexibility index (Phi) is 11.6. The number of hydrogen-bond acceptors (Lipinski definition) is 4. The minimum absolute atomic E-state index is 0. The van der Waals surface area contributed by atoms with E-state index in [1.54, 1.807) is 12.3 Å². The van der Waals surface area contributed by atoms with Crippen LogP contribution in [0.2, 0.25) is 0 Å². The zero-order chi connectivity index (χ0) is 18.8. The number of aromatic nitrogens is 1. The first-order valence-electron chi connectivity index (χ1n) is 9.72. The second-order valence-electron chi connectivity index (χ2n) is 6.80. The van der Waals surface area contributed by atoms with Crippen LogP contribution in [-0.4, -0.2) is 68.2 Å². The summed E-state index contributed by atoms with van der Waals surface area (Å²) in [5, 5.41) is 6.79. The number of pyridine rings is 1. The molecule has 0 radical (unpaired) electrons. The summed E-state index contributed by atoms with van der Waals surface area (Å²) in [6.07, 6.45) is 5.02. The van der Waals surface area contributed by atoms with Gasteiger partial charge in [0.25, 0.3) is 0 Å². The summed E-state index contributed by atoms with van der Waals surface area (Å²) < 4.78 is 13.9. The number of likely N-dealkylation sites (N-methyl/N-ethyl adjacent to an activating group) is 1. The van der Waals surface area contributed by atoms with Crippen molar-refractivity contribution in [3.05, 3.63) is 24.1 Å². The van der Waals surface area contributed by atoms with Crippen molar-refractivity contribution >= 4 is 35.8 Å². The molecule has 0 saturated carbocycles. The number of rotatable bonds is 9. The molecule has 1 atom stereocenters. The topological polar surface area (TPSA) is 55.8 Å². The summed E-state index contributed by atoms with van der Waals surface area (Å²) in [7, 11) is 2.14. The quantitative estimate of drug-likeness (QED) is 0.316. The van der Waals surface area contributed by atoms with Crippen LogP contribution in [0, 0.1) is 5.82 Å². The van der Waals surface area contributed by atoms with Crippen LogP contribution in [0.4, 0.5) is 10.2 Å². The van der Waals surface area contributed by atoms with Crippen molar-refractivity contribution in [2.75, 3.05) is 51.2 Å². The largest absolute Gasteiger partial charge is 0.357 e. The lowest BCUT2D eigenvalue weighted by atomic mass is 10.3. The molecule has 1 aliphatic heterocycles. The first kappa shape index (κ1) is 23.9. The van der Waals surface area contributed by atoms with Crippen LogP contribution in [0.15, 0.2) is 23.3 Å². The fourth-order valence-corrected chi connectivity index (χ4v) is 3.07. The van der Waals surface area contributed by atoms with Gasteiger partial charge in [-0.2, -0.15) is 0 Å². The first-order chi connectivity index (χ1) is 12.6. The number of nitrogens with one attached hydrogen (secondary N) is 2. The summed E-state index contributed by atoms with van der Waals surface area (Å²) in [6.45, 7) is 9.45. The van der Waals surface area contributed by atoms with Crippen molar-refractivity contribution in [2.45, 2.75) is 39.2 Å². The summed E-state index contributed by atoms with van der Waals surface area (Å²) in [4.78, 5) is 13.2. The normalized spacial score (nSPS) is 17.1. The third-order valence-electron chi connectivity index (χ3n) is 4.56. The van der Waals surface area contributed by atoms with Gasteiger partial charge in [0, 0.05) is 38.4 Å². The zero-order valence-corrected chi connectivity index (χ0v) is 19.1. The highest BCUT2D eigenvalue weighted by atomic mass is 127. The molecule has 8 heteroatoms. The number of halogens is 2. The highest BCUT2D eigenvalue weighted by Gasteiger charge is 2.25. The Labute approximate surface area is 180 Å². The van der Waals surface area contributed by atoms with Gasteiger partial charge in [-0.1, -0.05) is 13.3 Å². The van der Waals surface area contributed by atoms with E-state index in [4.69, 9.17) is 0 Å². The molecular weight excluding hydrogens is 458 g/mol. The molecule has 0 aliphatic carbocycles. The van der Waals surface area contributed by atoms with E-state index in [9.17, 15) is 4.39 Å². The third-order valence-corrected chi connectivity index (χ3v) is 4.56. The van der Waals surface area contributed by atoms with Crippen molar-refractivity contribution in [3.8, 4) is 0 Å². The highest BCUT2D eigenvalue weighted by Crippen LogP contribution is 2.20. The Balaban J connectivity index is 0.00000364. The van der Waals surface area contributed by atoms with Crippen molar-refractivity contribution in [1.82, 2.24) is 20.5 Å². The smallest absolute Gasteiger partial charge is 0.191 e. The van der Waals surface area contributed by atoms with Crippen LogP contribution in [0.3, 0.4) is 0 Å². The van der Waals surface area contributed by atoms with Gasteiger partial charge in [-0.15, -0.1) is 24.0 Å². The van der Waals surface area contributed by atoms with E-state index in [0.717, 1.165) is 51.6 Å². The number of nitrogens with zero attached hydrogens (tertiary/aromatic N) is 4. The fourth-order valence-electron chi connectivity index (χ4n) is 3.07. The number of anilines is 1. The van der Waals surface area contributed by atoms with E-state index in [-0.39, 0.29) is 35.8 Å². The van der Waals surface area contributed by atoms with E-state index in [1.165, 1.54) is 18.9 Å². The van der Waals surface area contributed by atoms with E-state index < -0.39 is 0 Å². The summed E-state index contributed by atoms with van der Waals surface area (Å²) in [5.41, 5.74) is 0. The molecule has 2 heterocycles. The Hall–Kier alpha value is -1.16. The molecule has 154 valence electrons. The number of hydrogen-bond donors (Lipinski definition) is 2. The average Bonchev–Trinajstić information content (AvgIpc) is 3.08. The van der Waals surface area contributed by atoms with Crippen LogP contribution < -0.4 is 15.5 Å². The molecule has 6 nitrogen and oxygen atoms in total. The zero-order valence-electron chi connectivity index (χ0n) is 16.7. The van der Waals surface area contributed by atoms with Gasteiger partial charge in [-0.05, 0) is 45.5 Å². The molecule has 0 bridgehead atoms. The summed E-state index contributed by atoms with van der Waals surface area (Å²) >= 11 is 0. The van der Waals surface area contributed by atoms with Gasteiger partial charge < -0.3 is 20.4 Å². The van der Waals surface area contributed by atoms with Crippen LogP contribution in [-0.2, 0) is 0 Å². The molecule has 0 aromatic carbocycles. The van der Waals surface area contributed by atoms with Gasteiger partial charge in [0.05, 0.1) is 6.54 Å². The maximum Gasteiger partial charge on any atom is 0.191 e. The lowest BCUT2D eigenvalue weighted by Gasteiger charge is -2.20. The molecule has 2 N–H and O–H groups in total. The molecule has 1 aromatic heterocycles. The van der Waals surface area contributed by atoms with Gasteiger partial charge in [0.15, 0.2) is 17.6 Å². The van der Waals surface area contributed by atoms with Gasteiger partial charge >= 0.3 is 0 Å². The van der Waals surface area contributed by atoms with E-state index >= 15 is 0 Å². The van der Waals surface area contributed by atoms with Crippen molar-refractivity contribution in [1.29, 1.82) is 0 Å². The van der Waals surface area contributed by atoms with Crippen LogP contribution >= 0.6 is 24.0 Å². The first-order valence-corrected chi connectivity index (χ1v) is 9.72. The standard InChI is InChI=1S/C19H33FN6.HI/c1-4-6-12-25(3)14-11-23-19(21-5-2)24-16-9-13-26(15-16)18-17(20)8-7-10-22-18;/h7-8,10,16H,4-6,9,11-15H2,1-3H3,(H2,21,23,24);1H. The second kappa shape index (κ2) is 13.1. The second-order valence-corrected chi connectivity index (χ2v) is 6.80. The lowest BCUT2D eigenvalue weighted by molar-refractivity contribution is 0.337. The molecule has 1 aliphatic rings. The van der Waals surface area contributed by atoms with Gasteiger partial charge in [-0.25, -0.2) is 9.37 Å². The SMILES string of the molecule is CCCCN(C)CCN=C(NCC)NC1CCN(c2ncccc2F)C1.I. The molecule has 1 saturated heterocycles. The fraction of sp³-hybridized carbons (Fsp3) is 0.684. The predicted molar refractivity (Wildman–Crippen MR) is 122 cm³/mol. The number of guanidine groups is 1. The van der Waals surface area contributed by atoms with Crippen LogP contribution in [0.5, 0.6) is 0 Å². The van der Waals surface area contributed by atoms with Gasteiger partial charge in [0.2, 0.25) is 0 Å². The average molecular weight is 492 g/mol. The van der Waals surface area contributed by atoms with E-state index in [2.05, 4.69) is 46.4 Å². The molecule has 1 fully saturated rings. The van der Waals surface area contributed by atoms with E-state index in [1.807, 2.05) is 4.90 Å². The minimum atomic E-state index is -0.260. The molecule has 2 rings (SSSR count). The van der Waals surface area contributed by atoms with Gasteiger partial charge in [-0.3, -0.25) is 4.99 Å². The van der Waals surface area contributed by atoms with Crippen molar-refractivity contribution in [2.24, 2.45) is 4.99 Å². The van der Waals surface area contributed by atoms with Gasteiger partial charge in [0.1, 0.15) is 0 Å².